The van der Waals surface area contributed by atoms with Crippen molar-refractivity contribution in [1.82, 2.24) is 0 Å². The van der Waals surface area contributed by atoms with E-state index < -0.39 is 0 Å². The zero-order valence-electron chi connectivity index (χ0n) is 16.4. The fraction of sp³-hybridized carbons (Fsp3) is 0.957. The van der Waals surface area contributed by atoms with E-state index in [1.54, 1.807) is 0 Å². The molecule has 0 aromatic rings. The Balaban J connectivity index is 1.85. The maximum absolute atomic E-state index is 2.55. The monoisotopic (exact) mass is 317 g/mol. The van der Waals surface area contributed by atoms with E-state index in [1.807, 2.05) is 5.92 Å². The van der Waals surface area contributed by atoms with Crippen molar-refractivity contribution in [2.45, 2.75) is 111 Å². The summed E-state index contributed by atoms with van der Waals surface area (Å²) in [6.07, 6.45) is 19.5. The number of hydrogen-bond acceptors (Lipinski definition) is 0. The van der Waals surface area contributed by atoms with Gasteiger partial charge in [-0.15, -0.1) is 0 Å². The van der Waals surface area contributed by atoms with Gasteiger partial charge in [-0.1, -0.05) is 105 Å². The van der Waals surface area contributed by atoms with E-state index in [1.165, 1.54) is 83.5 Å². The van der Waals surface area contributed by atoms with E-state index in [4.69, 9.17) is 0 Å². The normalized spacial score (nSPS) is 30.7. The number of hydrogen-bond donors (Lipinski definition) is 0. The molecule has 0 bridgehead atoms. The molecule has 0 aromatic heterocycles. The molecule has 0 aliphatic heterocycles. The van der Waals surface area contributed by atoms with Gasteiger partial charge in [0.25, 0.3) is 0 Å². The summed E-state index contributed by atoms with van der Waals surface area (Å²) >= 11 is 0. The van der Waals surface area contributed by atoms with Crippen LogP contribution in [0.4, 0.5) is 0 Å². The van der Waals surface area contributed by atoms with Gasteiger partial charge in [-0.2, -0.15) is 0 Å². The van der Waals surface area contributed by atoms with Crippen molar-refractivity contribution in [2.24, 2.45) is 28.6 Å². The third-order valence-corrected chi connectivity index (χ3v) is 7.49. The second-order valence-electron chi connectivity index (χ2n) is 10.4. The molecule has 23 heavy (non-hydrogen) atoms. The van der Waals surface area contributed by atoms with Gasteiger partial charge in [0.15, 0.2) is 0 Å². The summed E-state index contributed by atoms with van der Waals surface area (Å²) < 4.78 is 0. The topological polar surface area (TPSA) is 0 Å². The first kappa shape index (κ1) is 17.8. The maximum Gasteiger partial charge on any atom is -0.00916 e. The molecular formula is C23H41. The van der Waals surface area contributed by atoms with E-state index in [9.17, 15) is 0 Å². The van der Waals surface area contributed by atoms with E-state index in [2.05, 4.69) is 27.7 Å². The molecule has 3 saturated carbocycles. The fourth-order valence-corrected chi connectivity index (χ4v) is 7.20. The summed E-state index contributed by atoms with van der Waals surface area (Å²) in [5.74, 6) is 4.96. The molecule has 0 N–H and O–H groups in total. The Bertz CT molecular complexity index is 327. The molecule has 0 atom stereocenters. The van der Waals surface area contributed by atoms with Gasteiger partial charge in [-0.25, -0.2) is 0 Å². The van der Waals surface area contributed by atoms with Gasteiger partial charge < -0.3 is 0 Å². The molecule has 3 aliphatic carbocycles. The van der Waals surface area contributed by atoms with Crippen molar-refractivity contribution < 1.29 is 0 Å². The Morgan fingerprint density at radius 2 is 0.957 bits per heavy atom. The van der Waals surface area contributed by atoms with Crippen LogP contribution >= 0.6 is 0 Å². The second-order valence-corrected chi connectivity index (χ2v) is 10.4. The molecule has 0 nitrogen and oxygen atoms in total. The lowest BCUT2D eigenvalue weighted by Gasteiger charge is -2.63. The Labute approximate surface area is 146 Å². The van der Waals surface area contributed by atoms with Crippen molar-refractivity contribution in [3.8, 4) is 0 Å². The second kappa shape index (κ2) is 7.09. The van der Waals surface area contributed by atoms with E-state index >= 15 is 0 Å². The van der Waals surface area contributed by atoms with Gasteiger partial charge in [0.1, 0.15) is 0 Å². The highest BCUT2D eigenvalue weighted by molar-refractivity contribution is 5.26. The van der Waals surface area contributed by atoms with Crippen molar-refractivity contribution in [3.05, 3.63) is 5.92 Å². The van der Waals surface area contributed by atoms with Crippen LogP contribution in [0.2, 0.25) is 0 Å². The van der Waals surface area contributed by atoms with Crippen LogP contribution in [0.15, 0.2) is 0 Å². The first-order valence-corrected chi connectivity index (χ1v) is 10.8. The highest BCUT2D eigenvalue weighted by atomic mass is 14.6. The van der Waals surface area contributed by atoms with Crippen LogP contribution in [0.25, 0.3) is 0 Å². The van der Waals surface area contributed by atoms with Crippen LogP contribution in [0, 0.1) is 34.5 Å². The standard InChI is InChI=1S/C23H41/c1-22(2)17-23(3,4)21(22)20(18-13-9-5-6-10-14-18)19-15-11-7-8-12-16-19/h18-20H,5-17H2,1-4H3. The Hall–Kier alpha value is 0. The van der Waals surface area contributed by atoms with Gasteiger partial charge in [0, 0.05) is 0 Å². The first-order valence-electron chi connectivity index (χ1n) is 10.8. The Kier molecular flexibility index (Phi) is 5.49. The van der Waals surface area contributed by atoms with Crippen molar-refractivity contribution in [2.75, 3.05) is 0 Å². The summed E-state index contributed by atoms with van der Waals surface area (Å²) in [5.41, 5.74) is 1.01. The predicted octanol–water partition coefficient (Wildman–Crippen LogP) is 7.57. The lowest BCUT2D eigenvalue weighted by atomic mass is 9.41. The van der Waals surface area contributed by atoms with Gasteiger partial charge in [-0.05, 0) is 40.9 Å². The minimum Gasteiger partial charge on any atom is -0.0593 e. The molecule has 0 unspecified atom stereocenters. The molecular weight excluding hydrogens is 276 g/mol. The minimum absolute atomic E-state index is 0.507. The van der Waals surface area contributed by atoms with Crippen LogP contribution in [0.5, 0.6) is 0 Å². The van der Waals surface area contributed by atoms with E-state index in [-0.39, 0.29) is 0 Å². The maximum atomic E-state index is 2.55. The van der Waals surface area contributed by atoms with E-state index in [0.29, 0.717) is 10.8 Å². The fourth-order valence-electron chi connectivity index (χ4n) is 7.20. The van der Waals surface area contributed by atoms with Gasteiger partial charge in [0.05, 0.1) is 0 Å². The lowest BCUT2D eigenvalue weighted by Crippen LogP contribution is -2.55. The summed E-state index contributed by atoms with van der Waals surface area (Å²) in [4.78, 5) is 0. The van der Waals surface area contributed by atoms with Crippen LogP contribution in [-0.4, -0.2) is 0 Å². The summed E-state index contributed by atoms with van der Waals surface area (Å²) in [6, 6.07) is 0. The molecule has 0 amide bonds. The molecule has 0 aromatic carbocycles. The molecule has 3 fully saturated rings. The molecule has 3 aliphatic rings. The van der Waals surface area contributed by atoms with Crippen LogP contribution in [0.3, 0.4) is 0 Å². The molecule has 0 heteroatoms. The third kappa shape index (κ3) is 3.82. The summed E-state index contributed by atoms with van der Waals surface area (Å²) in [7, 11) is 0. The van der Waals surface area contributed by atoms with Crippen molar-refractivity contribution >= 4 is 0 Å². The quantitative estimate of drug-likeness (QED) is 0.471. The molecule has 133 valence electrons. The molecule has 0 saturated heterocycles. The van der Waals surface area contributed by atoms with Crippen LogP contribution in [0.1, 0.15) is 111 Å². The van der Waals surface area contributed by atoms with Crippen LogP contribution < -0.4 is 0 Å². The molecule has 0 spiro atoms. The van der Waals surface area contributed by atoms with Gasteiger partial charge in [0.2, 0.25) is 0 Å². The molecule has 3 rings (SSSR count). The Morgan fingerprint density at radius 3 is 1.26 bits per heavy atom. The van der Waals surface area contributed by atoms with Crippen LogP contribution in [-0.2, 0) is 0 Å². The predicted molar refractivity (Wildman–Crippen MR) is 101 cm³/mol. The average Bonchev–Trinajstić information content (AvgIpc) is 2.88. The first-order chi connectivity index (χ1) is 10.9. The van der Waals surface area contributed by atoms with Gasteiger partial charge >= 0.3 is 0 Å². The zero-order chi connectivity index (χ0) is 16.5. The van der Waals surface area contributed by atoms with Crippen molar-refractivity contribution in [3.63, 3.8) is 0 Å². The lowest BCUT2D eigenvalue weighted by molar-refractivity contribution is -0.0106. The van der Waals surface area contributed by atoms with E-state index in [0.717, 1.165) is 17.8 Å². The highest BCUT2D eigenvalue weighted by Crippen LogP contribution is 2.67. The summed E-state index contributed by atoms with van der Waals surface area (Å²) in [5, 5.41) is 0. The number of rotatable bonds is 3. The van der Waals surface area contributed by atoms with Gasteiger partial charge in [-0.3, -0.25) is 0 Å². The molecule has 1 radical (unpaired) electrons. The largest absolute Gasteiger partial charge is 0.0593 e. The SMILES string of the molecule is CC1(C)CC(C)(C)[C]1C(C1CCCCCC1)C1CCCCCC1. The minimum atomic E-state index is 0.507. The zero-order valence-corrected chi connectivity index (χ0v) is 16.4. The average molecular weight is 318 g/mol. The van der Waals surface area contributed by atoms with Crippen molar-refractivity contribution in [1.29, 1.82) is 0 Å². The Morgan fingerprint density at radius 1 is 0.609 bits per heavy atom. The molecule has 0 heterocycles. The highest BCUT2D eigenvalue weighted by Gasteiger charge is 2.58. The smallest absolute Gasteiger partial charge is 0.00916 e. The summed E-state index contributed by atoms with van der Waals surface area (Å²) in [6.45, 7) is 10.2. The third-order valence-electron chi connectivity index (χ3n) is 7.49.